The van der Waals surface area contributed by atoms with Crippen molar-refractivity contribution in [3.05, 3.63) is 42.0 Å². The molecule has 1 atom stereocenters. The lowest BCUT2D eigenvalue weighted by molar-refractivity contribution is -0.122. The molecule has 0 bridgehead atoms. The highest BCUT2D eigenvalue weighted by Gasteiger charge is 2.21. The molecule has 6 heteroatoms. The van der Waals surface area contributed by atoms with Crippen molar-refractivity contribution in [3.63, 3.8) is 0 Å². The molecular weight excluding hydrogens is 350 g/mol. The van der Waals surface area contributed by atoms with Gasteiger partial charge in [0.2, 0.25) is 0 Å². The Morgan fingerprint density at radius 2 is 2.14 bits per heavy atom. The highest BCUT2D eigenvalue weighted by atomic mass is 16.1. The normalized spacial score (nSPS) is 19.5. The quantitative estimate of drug-likeness (QED) is 0.759. The number of nitrogens with one attached hydrogen (secondary N) is 1. The van der Waals surface area contributed by atoms with E-state index in [-0.39, 0.29) is 11.7 Å². The van der Waals surface area contributed by atoms with E-state index in [4.69, 9.17) is 0 Å². The molecule has 1 saturated heterocycles. The van der Waals surface area contributed by atoms with Crippen LogP contribution in [0.2, 0.25) is 0 Å². The van der Waals surface area contributed by atoms with Crippen LogP contribution in [-0.2, 0) is 24.2 Å². The molecule has 4 heterocycles. The van der Waals surface area contributed by atoms with Crippen LogP contribution in [0.3, 0.4) is 0 Å². The number of hydrogen-bond acceptors (Lipinski definition) is 5. The summed E-state index contributed by atoms with van der Waals surface area (Å²) in [5.41, 5.74) is 3.93. The van der Waals surface area contributed by atoms with Gasteiger partial charge in [-0.2, -0.15) is 10.2 Å². The van der Waals surface area contributed by atoms with Crippen molar-refractivity contribution in [2.75, 3.05) is 13.1 Å². The summed E-state index contributed by atoms with van der Waals surface area (Å²) in [7, 11) is 0. The highest BCUT2D eigenvalue weighted by Crippen LogP contribution is 2.27. The Morgan fingerprint density at radius 3 is 3.04 bits per heavy atom. The average molecular weight is 375 g/mol. The summed E-state index contributed by atoms with van der Waals surface area (Å²) < 4.78 is 2.33. The Morgan fingerprint density at radius 1 is 1.18 bits per heavy atom. The lowest BCUT2D eigenvalue weighted by Crippen LogP contribution is -2.35. The zero-order chi connectivity index (χ0) is 18.9. The maximum absolute atomic E-state index is 12.6. The minimum atomic E-state index is 0.107. The van der Waals surface area contributed by atoms with Crippen LogP contribution in [0.15, 0.2) is 30.5 Å². The molecule has 144 valence electrons. The molecular formula is C22H25N5O. The predicted molar refractivity (Wildman–Crippen MR) is 108 cm³/mol. The van der Waals surface area contributed by atoms with Gasteiger partial charge >= 0.3 is 0 Å². The van der Waals surface area contributed by atoms with Crippen LogP contribution in [0.5, 0.6) is 0 Å². The van der Waals surface area contributed by atoms with Gasteiger partial charge in [-0.05, 0) is 50.4 Å². The third-order valence-electron chi connectivity index (χ3n) is 6.01. The molecule has 5 rings (SSSR count). The van der Waals surface area contributed by atoms with Crippen molar-refractivity contribution >= 4 is 16.7 Å². The topological polar surface area (TPSA) is 72.7 Å². The Labute approximate surface area is 164 Å². The lowest BCUT2D eigenvalue weighted by atomic mass is 9.92. The van der Waals surface area contributed by atoms with E-state index in [1.807, 2.05) is 18.3 Å². The Kier molecular flexibility index (Phi) is 4.64. The zero-order valence-corrected chi connectivity index (χ0v) is 16.0. The molecule has 0 spiro atoms. The predicted octanol–water partition coefficient (Wildman–Crippen LogP) is 2.94. The molecule has 2 aliphatic rings. The first-order chi connectivity index (χ1) is 13.8. The maximum Gasteiger partial charge on any atom is 0.143 e. The van der Waals surface area contributed by atoms with E-state index in [0.29, 0.717) is 6.42 Å². The lowest BCUT2D eigenvalue weighted by Gasteiger charge is -2.21. The van der Waals surface area contributed by atoms with Crippen LogP contribution in [0.1, 0.15) is 37.2 Å². The zero-order valence-electron chi connectivity index (χ0n) is 16.0. The number of rotatable bonds is 4. The van der Waals surface area contributed by atoms with E-state index in [2.05, 4.69) is 37.2 Å². The van der Waals surface area contributed by atoms with Crippen molar-refractivity contribution in [1.82, 2.24) is 25.1 Å². The molecule has 28 heavy (non-hydrogen) atoms. The molecule has 2 aliphatic heterocycles. The Balaban J connectivity index is 1.43. The maximum atomic E-state index is 12.6. The number of imidazole rings is 1. The van der Waals surface area contributed by atoms with E-state index in [0.717, 1.165) is 61.1 Å². The number of Topliss-reactive ketones (excluding diaryl/α,β-unsaturated/α-hetero) is 1. The first kappa shape index (κ1) is 17.5. The molecule has 0 amide bonds. The number of hydrogen-bond donors (Lipinski definition) is 1. The fraction of sp³-hybridized carbons (Fsp3) is 0.455. The largest absolute Gasteiger partial charge is 0.328 e. The van der Waals surface area contributed by atoms with Gasteiger partial charge in [-0.3, -0.25) is 4.79 Å². The Bertz CT molecular complexity index is 1020. The molecule has 2 aromatic heterocycles. The molecule has 0 saturated carbocycles. The number of aromatic nitrogens is 4. The number of carbonyl (C=O) groups excluding carboxylic acids is 1. The summed E-state index contributed by atoms with van der Waals surface area (Å²) >= 11 is 0. The van der Waals surface area contributed by atoms with Crippen LogP contribution in [0.4, 0.5) is 0 Å². The van der Waals surface area contributed by atoms with Crippen LogP contribution in [-0.4, -0.2) is 38.6 Å². The van der Waals surface area contributed by atoms with Crippen LogP contribution in [0.25, 0.3) is 22.2 Å². The van der Waals surface area contributed by atoms with Crippen LogP contribution in [0, 0.1) is 5.92 Å². The van der Waals surface area contributed by atoms with Gasteiger partial charge in [0.1, 0.15) is 11.6 Å². The highest BCUT2D eigenvalue weighted by molar-refractivity contribution is 5.86. The first-order valence-electron chi connectivity index (χ1n) is 10.3. The molecule has 1 aromatic carbocycles. The van der Waals surface area contributed by atoms with Gasteiger partial charge in [0.15, 0.2) is 0 Å². The van der Waals surface area contributed by atoms with E-state index in [9.17, 15) is 4.79 Å². The summed E-state index contributed by atoms with van der Waals surface area (Å²) in [6, 6.07) is 8.28. The second kappa shape index (κ2) is 7.43. The van der Waals surface area contributed by atoms with Crippen molar-refractivity contribution < 1.29 is 4.79 Å². The number of carbonyl (C=O) groups is 1. The van der Waals surface area contributed by atoms with E-state index < -0.39 is 0 Å². The summed E-state index contributed by atoms with van der Waals surface area (Å²) in [6.07, 6.45) is 7.87. The second-order valence-corrected chi connectivity index (χ2v) is 7.96. The number of ketones is 1. The van der Waals surface area contributed by atoms with Gasteiger partial charge in [0, 0.05) is 36.4 Å². The number of piperidine rings is 1. The van der Waals surface area contributed by atoms with Crippen LogP contribution < -0.4 is 5.32 Å². The minimum Gasteiger partial charge on any atom is -0.328 e. The monoisotopic (exact) mass is 375 g/mol. The van der Waals surface area contributed by atoms with Crippen molar-refractivity contribution in [1.29, 1.82) is 0 Å². The van der Waals surface area contributed by atoms with Gasteiger partial charge < -0.3 is 9.88 Å². The number of aryl methyl sites for hydroxylation is 1. The second-order valence-electron chi connectivity index (χ2n) is 7.96. The minimum absolute atomic E-state index is 0.107. The van der Waals surface area contributed by atoms with Crippen molar-refractivity contribution in [3.8, 4) is 11.3 Å². The molecule has 6 nitrogen and oxygen atoms in total. The summed E-state index contributed by atoms with van der Waals surface area (Å²) in [4.78, 5) is 17.2. The number of nitrogens with zero attached hydrogens (tertiary/aromatic N) is 4. The molecule has 1 N–H and O–H groups in total. The Hall–Kier alpha value is -2.60. The fourth-order valence-corrected chi connectivity index (χ4v) is 4.43. The SMILES string of the molecule is O=C(Cc1cc2cc(-c3cnc4n3CCCC4)ccc2nn1)[C@@H]1CCCNC1. The smallest absolute Gasteiger partial charge is 0.143 e. The first-order valence-corrected chi connectivity index (χ1v) is 10.3. The van der Waals surface area contributed by atoms with Gasteiger partial charge in [0.05, 0.1) is 29.5 Å². The van der Waals surface area contributed by atoms with Gasteiger partial charge in [-0.25, -0.2) is 4.98 Å². The third-order valence-corrected chi connectivity index (χ3v) is 6.01. The number of benzene rings is 1. The van der Waals surface area contributed by atoms with Crippen LogP contribution >= 0.6 is 0 Å². The van der Waals surface area contributed by atoms with Gasteiger partial charge in [-0.15, -0.1) is 0 Å². The molecule has 0 aliphatic carbocycles. The third kappa shape index (κ3) is 3.33. The van der Waals surface area contributed by atoms with Gasteiger partial charge in [0.25, 0.3) is 0 Å². The molecule has 3 aromatic rings. The van der Waals surface area contributed by atoms with Gasteiger partial charge in [-0.1, -0.05) is 6.07 Å². The number of fused-ring (bicyclic) bond motifs is 2. The summed E-state index contributed by atoms with van der Waals surface area (Å²) in [5.74, 6) is 1.55. The summed E-state index contributed by atoms with van der Waals surface area (Å²) in [6.45, 7) is 2.84. The van der Waals surface area contributed by atoms with Crippen molar-refractivity contribution in [2.45, 2.75) is 45.1 Å². The molecule has 1 fully saturated rings. The average Bonchev–Trinajstić information content (AvgIpc) is 3.18. The standard InChI is InChI=1S/C22H25N5O/c28-21(16-4-3-8-23-13-16)12-18-11-17-10-15(6-7-19(17)26-25-18)20-14-24-22-5-1-2-9-27(20)22/h6-7,10-11,14,16,23H,1-5,8-9,12-13H2/t16-/m1/s1. The van der Waals surface area contributed by atoms with E-state index in [1.54, 1.807) is 0 Å². The van der Waals surface area contributed by atoms with E-state index in [1.165, 1.54) is 24.4 Å². The van der Waals surface area contributed by atoms with E-state index >= 15 is 0 Å². The molecule has 0 radical (unpaired) electrons. The fourth-order valence-electron chi connectivity index (χ4n) is 4.43. The summed E-state index contributed by atoms with van der Waals surface area (Å²) in [5, 5.41) is 13.0. The van der Waals surface area contributed by atoms with Crippen molar-refractivity contribution in [2.24, 2.45) is 5.92 Å². The molecule has 0 unspecified atom stereocenters.